The predicted octanol–water partition coefficient (Wildman–Crippen LogP) is 2.24. The zero-order valence-corrected chi connectivity index (χ0v) is 25.0. The van der Waals surface area contributed by atoms with Crippen LogP contribution in [0.5, 0.6) is 5.75 Å². The number of phenols is 1. The van der Waals surface area contributed by atoms with E-state index in [1.165, 1.54) is 27.3 Å². The standard InChI is InChI=1S/C31H31N9O4S/c32-11-12-38(31(44)35-15-19-5-2-1-3-6-19)39-18-27(42)40-23(14-20-9-10-24(41)22(33)13-20)29(43)37(17-26(39)40)16-21-7-4-8-25-28(21)36-30(34)45-25/h1-10,13,23,26,41H,12,14-18,33H2,(H2,34,36)(H,35,44)/t23-,26+/m0/s1. The van der Waals surface area contributed by atoms with Crippen molar-refractivity contribution in [2.45, 2.75) is 31.7 Å². The molecule has 13 nitrogen and oxygen atoms in total. The van der Waals surface area contributed by atoms with Gasteiger partial charge in [0.05, 0.1) is 35.1 Å². The molecule has 14 heteroatoms. The Morgan fingerprint density at radius 3 is 2.67 bits per heavy atom. The number of aromatic hydroxyl groups is 1. The quantitative estimate of drug-likeness (QED) is 0.129. The molecule has 45 heavy (non-hydrogen) atoms. The van der Waals surface area contributed by atoms with E-state index in [0.717, 1.165) is 15.8 Å². The second-order valence-corrected chi connectivity index (χ2v) is 11.9. The van der Waals surface area contributed by atoms with E-state index < -0.39 is 18.2 Å². The number of fused-ring (bicyclic) bond motifs is 2. The molecule has 4 amide bonds. The van der Waals surface area contributed by atoms with Crippen LogP contribution in [0.25, 0.3) is 10.2 Å². The summed E-state index contributed by atoms with van der Waals surface area (Å²) in [4.78, 5) is 48.9. The SMILES string of the molecule is N#CCN(C(=O)NCc1ccccc1)N1CC(=O)N2[C@@H](Cc3ccc(O)c(N)c3)C(=O)N(Cc3cccc4sc(N)nc34)C[C@@H]21. The number of nitrogens with two attached hydrogens (primary N) is 2. The first-order valence-electron chi connectivity index (χ1n) is 14.3. The highest BCUT2D eigenvalue weighted by atomic mass is 32.1. The topological polar surface area (TPSA) is 185 Å². The fourth-order valence-electron chi connectivity index (χ4n) is 5.91. The number of benzene rings is 3. The van der Waals surface area contributed by atoms with Crippen LogP contribution in [0.3, 0.4) is 0 Å². The Labute approximate surface area is 262 Å². The number of hydrogen-bond donors (Lipinski definition) is 4. The number of rotatable bonds is 8. The number of amides is 4. The number of hydrogen-bond acceptors (Lipinski definition) is 10. The molecule has 2 aliphatic rings. The van der Waals surface area contributed by atoms with Crippen LogP contribution < -0.4 is 16.8 Å². The number of nitrogen functional groups attached to an aromatic ring is 2. The third-order valence-electron chi connectivity index (χ3n) is 8.02. The summed E-state index contributed by atoms with van der Waals surface area (Å²) in [6.45, 7) is 0.0105. The zero-order chi connectivity index (χ0) is 31.7. The Balaban J connectivity index is 1.33. The summed E-state index contributed by atoms with van der Waals surface area (Å²) in [5.41, 5.74) is 15.1. The van der Waals surface area contributed by atoms with E-state index in [9.17, 15) is 24.8 Å². The number of urea groups is 1. The third-order valence-corrected chi connectivity index (χ3v) is 8.87. The molecule has 0 saturated carbocycles. The third kappa shape index (κ3) is 5.91. The number of nitriles is 1. The van der Waals surface area contributed by atoms with E-state index in [4.69, 9.17) is 11.5 Å². The molecule has 0 bridgehead atoms. The lowest BCUT2D eigenvalue weighted by Crippen LogP contribution is -2.66. The van der Waals surface area contributed by atoms with Gasteiger partial charge in [-0.05, 0) is 34.9 Å². The van der Waals surface area contributed by atoms with Crippen LogP contribution in [-0.2, 0) is 29.1 Å². The van der Waals surface area contributed by atoms with E-state index in [1.54, 1.807) is 22.0 Å². The van der Waals surface area contributed by atoms with Crippen molar-refractivity contribution in [3.05, 3.63) is 83.4 Å². The maximum Gasteiger partial charge on any atom is 0.333 e. The minimum atomic E-state index is -0.929. The molecular weight excluding hydrogens is 594 g/mol. The van der Waals surface area contributed by atoms with Gasteiger partial charge in [0.25, 0.3) is 0 Å². The summed E-state index contributed by atoms with van der Waals surface area (Å²) in [6.07, 6.45) is -0.604. The summed E-state index contributed by atoms with van der Waals surface area (Å²) in [6, 6.07) is 20.3. The second-order valence-electron chi connectivity index (χ2n) is 10.9. The van der Waals surface area contributed by atoms with E-state index in [-0.39, 0.29) is 62.4 Å². The van der Waals surface area contributed by atoms with Gasteiger partial charge in [-0.25, -0.2) is 14.8 Å². The number of nitrogens with zero attached hydrogens (tertiary/aromatic N) is 6. The van der Waals surface area contributed by atoms with Gasteiger partial charge in [0.1, 0.15) is 24.5 Å². The van der Waals surface area contributed by atoms with Crippen molar-refractivity contribution >= 4 is 50.2 Å². The van der Waals surface area contributed by atoms with E-state index in [2.05, 4.69) is 10.3 Å². The minimum absolute atomic E-state index is 0.0825. The Kier molecular flexibility index (Phi) is 8.12. The maximum atomic E-state index is 14.2. The molecule has 0 spiro atoms. The van der Waals surface area contributed by atoms with Gasteiger partial charge in [0.15, 0.2) is 5.13 Å². The molecule has 230 valence electrons. The highest BCUT2D eigenvalue weighted by Gasteiger charge is 2.52. The van der Waals surface area contributed by atoms with Gasteiger partial charge < -0.3 is 31.7 Å². The van der Waals surface area contributed by atoms with Crippen LogP contribution in [0.15, 0.2) is 66.7 Å². The van der Waals surface area contributed by atoms with Crippen molar-refractivity contribution in [1.29, 1.82) is 5.26 Å². The summed E-state index contributed by atoms with van der Waals surface area (Å²) in [5.74, 6) is -0.715. The maximum absolute atomic E-state index is 14.2. The normalized spacial score (nSPS) is 18.2. The molecule has 3 aromatic carbocycles. The number of carbonyl (C=O) groups excluding carboxylic acids is 3. The Bertz CT molecular complexity index is 1810. The molecule has 0 unspecified atom stereocenters. The molecule has 2 fully saturated rings. The zero-order valence-electron chi connectivity index (χ0n) is 24.2. The van der Waals surface area contributed by atoms with E-state index >= 15 is 0 Å². The fourth-order valence-corrected chi connectivity index (χ4v) is 6.69. The number of piperazine rings is 1. The first-order valence-corrected chi connectivity index (χ1v) is 15.1. The summed E-state index contributed by atoms with van der Waals surface area (Å²) < 4.78 is 0.889. The number of carbonyl (C=O) groups is 3. The van der Waals surface area contributed by atoms with E-state index in [0.29, 0.717) is 16.2 Å². The van der Waals surface area contributed by atoms with Gasteiger partial charge in [0.2, 0.25) is 11.8 Å². The summed E-state index contributed by atoms with van der Waals surface area (Å²) in [5, 5.41) is 25.7. The van der Waals surface area contributed by atoms with Crippen molar-refractivity contribution in [2.75, 3.05) is 31.1 Å². The smallest absolute Gasteiger partial charge is 0.333 e. The fraction of sp³-hybridized carbons (Fsp3) is 0.258. The number of anilines is 2. The molecule has 0 radical (unpaired) electrons. The molecule has 2 atom stereocenters. The molecule has 2 saturated heterocycles. The highest BCUT2D eigenvalue weighted by molar-refractivity contribution is 7.22. The second kappa shape index (κ2) is 12.3. The van der Waals surface area contributed by atoms with Crippen LogP contribution in [0.4, 0.5) is 15.6 Å². The average Bonchev–Trinajstić information content (AvgIpc) is 3.58. The Morgan fingerprint density at radius 1 is 1.11 bits per heavy atom. The van der Waals surface area contributed by atoms with Crippen molar-refractivity contribution in [3.8, 4) is 11.8 Å². The summed E-state index contributed by atoms with van der Waals surface area (Å²) in [7, 11) is 0. The lowest BCUT2D eigenvalue weighted by Gasteiger charge is -2.46. The number of aromatic nitrogens is 1. The van der Waals surface area contributed by atoms with Crippen LogP contribution in [-0.4, -0.2) is 79.6 Å². The van der Waals surface area contributed by atoms with Gasteiger partial charge >= 0.3 is 6.03 Å². The number of para-hydroxylation sites is 1. The van der Waals surface area contributed by atoms with Crippen molar-refractivity contribution in [1.82, 2.24) is 30.1 Å². The van der Waals surface area contributed by atoms with E-state index in [1.807, 2.05) is 54.6 Å². The van der Waals surface area contributed by atoms with Gasteiger partial charge in [-0.3, -0.25) is 9.59 Å². The average molecular weight is 626 g/mol. The first-order chi connectivity index (χ1) is 21.7. The molecular formula is C31H31N9O4S. The van der Waals surface area contributed by atoms with Gasteiger partial charge in [-0.15, -0.1) is 0 Å². The number of hydrazine groups is 1. The summed E-state index contributed by atoms with van der Waals surface area (Å²) >= 11 is 1.35. The van der Waals surface area contributed by atoms with Gasteiger partial charge in [-0.2, -0.15) is 10.3 Å². The largest absolute Gasteiger partial charge is 0.506 e. The molecule has 6 rings (SSSR count). The van der Waals surface area contributed by atoms with Crippen LogP contribution in [0.2, 0.25) is 0 Å². The minimum Gasteiger partial charge on any atom is -0.506 e. The van der Waals surface area contributed by atoms with Gasteiger partial charge in [0, 0.05) is 19.5 Å². The molecule has 4 aromatic rings. The lowest BCUT2D eigenvalue weighted by atomic mass is 9.99. The van der Waals surface area contributed by atoms with Crippen molar-refractivity contribution < 1.29 is 19.5 Å². The molecule has 3 heterocycles. The molecule has 6 N–H and O–H groups in total. The first kappa shape index (κ1) is 29.7. The number of nitrogens with one attached hydrogen (secondary N) is 1. The lowest BCUT2D eigenvalue weighted by molar-refractivity contribution is -0.157. The predicted molar refractivity (Wildman–Crippen MR) is 168 cm³/mol. The number of thiazole rings is 1. The van der Waals surface area contributed by atoms with Crippen molar-refractivity contribution in [3.63, 3.8) is 0 Å². The Hall–Kier alpha value is -5.39. The molecule has 1 aromatic heterocycles. The molecule has 2 aliphatic heterocycles. The monoisotopic (exact) mass is 625 g/mol. The van der Waals surface area contributed by atoms with Crippen LogP contribution >= 0.6 is 11.3 Å². The van der Waals surface area contributed by atoms with Gasteiger partial charge in [-0.1, -0.05) is 59.9 Å². The van der Waals surface area contributed by atoms with Crippen LogP contribution in [0, 0.1) is 11.3 Å². The Morgan fingerprint density at radius 2 is 1.91 bits per heavy atom. The number of phenolic OH excluding ortho intramolecular Hbond substituents is 1. The molecule has 0 aliphatic carbocycles. The highest BCUT2D eigenvalue weighted by Crippen LogP contribution is 2.33. The van der Waals surface area contributed by atoms with Crippen LogP contribution in [0.1, 0.15) is 16.7 Å². The van der Waals surface area contributed by atoms with Crippen molar-refractivity contribution in [2.24, 2.45) is 0 Å².